The molecule has 1 atom stereocenters. The summed E-state index contributed by atoms with van der Waals surface area (Å²) in [6.07, 6.45) is 0. The minimum atomic E-state index is -1.01. The van der Waals surface area contributed by atoms with Crippen LogP contribution in [0, 0.1) is 12.7 Å². The lowest BCUT2D eigenvalue weighted by atomic mass is 9.95. The van der Waals surface area contributed by atoms with E-state index in [0.717, 1.165) is 23.5 Å². The van der Waals surface area contributed by atoms with Crippen LogP contribution in [0.15, 0.2) is 48.0 Å². The first-order valence-electron chi connectivity index (χ1n) is 9.44. The third-order valence-corrected chi connectivity index (χ3v) is 5.84. The van der Waals surface area contributed by atoms with Crippen LogP contribution in [-0.2, 0) is 9.59 Å². The summed E-state index contributed by atoms with van der Waals surface area (Å²) >= 11 is 1.14. The van der Waals surface area contributed by atoms with E-state index in [4.69, 9.17) is 9.47 Å². The molecule has 1 unspecified atom stereocenters. The molecule has 10 heteroatoms. The van der Waals surface area contributed by atoms with E-state index in [1.165, 1.54) is 31.3 Å². The first kappa shape index (κ1) is 21.4. The Bertz CT molecular complexity index is 1240. The number of benzene rings is 2. The van der Waals surface area contributed by atoms with Crippen molar-refractivity contribution in [2.75, 3.05) is 19.1 Å². The summed E-state index contributed by atoms with van der Waals surface area (Å²) in [5, 5.41) is 19.8. The molecule has 1 fully saturated rings. The Hall–Kier alpha value is -3.79. The van der Waals surface area contributed by atoms with E-state index in [-0.39, 0.29) is 16.3 Å². The van der Waals surface area contributed by atoms with Gasteiger partial charge >= 0.3 is 5.91 Å². The monoisotopic (exact) mass is 455 g/mol. The molecule has 1 aliphatic rings. The third kappa shape index (κ3) is 3.58. The van der Waals surface area contributed by atoms with Gasteiger partial charge in [0.25, 0.3) is 5.78 Å². The summed E-state index contributed by atoms with van der Waals surface area (Å²) in [5.41, 5.74) is 0.531. The zero-order valence-electron chi connectivity index (χ0n) is 17.3. The average Bonchev–Trinajstić information content (AvgIpc) is 3.34. The molecule has 0 spiro atoms. The first-order valence-corrected chi connectivity index (χ1v) is 10.3. The van der Waals surface area contributed by atoms with Crippen molar-refractivity contribution in [3.63, 3.8) is 0 Å². The number of aliphatic hydroxyl groups excluding tert-OH is 1. The van der Waals surface area contributed by atoms with Crippen molar-refractivity contribution in [3.05, 3.63) is 70.0 Å². The standard InChI is InChI=1S/C22H18FN3O5S/c1-11-24-25-22(32-11)26-18(13-6-9-15(30-2)16(10-13)31-3)17(20(28)21(26)29)19(27)12-4-7-14(23)8-5-12/h4-10,18,27H,1-3H3/b19-17-. The smallest absolute Gasteiger partial charge is 0.301 e. The molecule has 1 aliphatic heterocycles. The second kappa shape index (κ2) is 8.39. The van der Waals surface area contributed by atoms with Crippen LogP contribution in [0.2, 0.25) is 0 Å². The van der Waals surface area contributed by atoms with Gasteiger partial charge in [0.15, 0.2) is 11.5 Å². The van der Waals surface area contributed by atoms with Gasteiger partial charge in [-0.2, -0.15) is 0 Å². The number of hydrogen-bond acceptors (Lipinski definition) is 8. The summed E-state index contributed by atoms with van der Waals surface area (Å²) in [6, 6.07) is 8.89. The molecular weight excluding hydrogens is 437 g/mol. The van der Waals surface area contributed by atoms with Crippen molar-refractivity contribution in [2.24, 2.45) is 0 Å². The van der Waals surface area contributed by atoms with Gasteiger partial charge in [0.05, 0.1) is 25.8 Å². The highest BCUT2D eigenvalue weighted by Gasteiger charge is 2.48. The fraction of sp³-hybridized carbons (Fsp3) is 0.182. The average molecular weight is 455 g/mol. The van der Waals surface area contributed by atoms with Crippen LogP contribution in [0.1, 0.15) is 22.2 Å². The maximum Gasteiger partial charge on any atom is 0.301 e. The van der Waals surface area contributed by atoms with E-state index < -0.39 is 29.3 Å². The van der Waals surface area contributed by atoms with Crippen LogP contribution in [-0.4, -0.2) is 41.2 Å². The van der Waals surface area contributed by atoms with Gasteiger partial charge in [-0.25, -0.2) is 4.39 Å². The topological polar surface area (TPSA) is 102 Å². The number of amides is 1. The normalized spacial score (nSPS) is 17.6. The van der Waals surface area contributed by atoms with Gasteiger partial charge in [-0.1, -0.05) is 17.4 Å². The van der Waals surface area contributed by atoms with Crippen molar-refractivity contribution in [1.82, 2.24) is 10.2 Å². The Morgan fingerprint density at radius 1 is 1.06 bits per heavy atom. The van der Waals surface area contributed by atoms with E-state index in [1.54, 1.807) is 25.1 Å². The number of aromatic nitrogens is 2. The lowest BCUT2D eigenvalue weighted by molar-refractivity contribution is -0.132. The van der Waals surface area contributed by atoms with E-state index in [2.05, 4.69) is 10.2 Å². The van der Waals surface area contributed by atoms with Crippen LogP contribution >= 0.6 is 11.3 Å². The minimum Gasteiger partial charge on any atom is -0.507 e. The fourth-order valence-electron chi connectivity index (χ4n) is 3.51. The highest BCUT2D eigenvalue weighted by molar-refractivity contribution is 7.15. The molecule has 164 valence electrons. The van der Waals surface area contributed by atoms with Crippen molar-refractivity contribution in [3.8, 4) is 11.5 Å². The maximum atomic E-state index is 13.4. The number of ketones is 1. The van der Waals surface area contributed by atoms with Crippen LogP contribution in [0.4, 0.5) is 9.52 Å². The molecular formula is C22H18FN3O5S. The molecule has 1 amide bonds. The van der Waals surface area contributed by atoms with Crippen molar-refractivity contribution in [2.45, 2.75) is 13.0 Å². The van der Waals surface area contributed by atoms with Crippen LogP contribution in [0.3, 0.4) is 0 Å². The molecule has 1 saturated heterocycles. The zero-order chi connectivity index (χ0) is 23.0. The molecule has 1 N–H and O–H groups in total. The van der Waals surface area contributed by atoms with Gasteiger partial charge in [0, 0.05) is 5.56 Å². The highest BCUT2D eigenvalue weighted by atomic mass is 32.1. The van der Waals surface area contributed by atoms with Gasteiger partial charge < -0.3 is 14.6 Å². The number of aliphatic hydroxyl groups is 1. The number of methoxy groups -OCH3 is 2. The van der Waals surface area contributed by atoms with Crippen LogP contribution < -0.4 is 14.4 Å². The minimum absolute atomic E-state index is 0.151. The number of carbonyl (C=O) groups is 2. The Balaban J connectivity index is 1.95. The maximum absolute atomic E-state index is 13.4. The van der Waals surface area contributed by atoms with Crippen molar-refractivity contribution >= 4 is 33.9 Å². The lowest BCUT2D eigenvalue weighted by Crippen LogP contribution is -2.29. The number of ether oxygens (including phenoxy) is 2. The van der Waals surface area contributed by atoms with Gasteiger partial charge in [-0.15, -0.1) is 10.2 Å². The van der Waals surface area contributed by atoms with E-state index in [1.807, 2.05) is 0 Å². The Labute approximate surface area is 186 Å². The van der Waals surface area contributed by atoms with E-state index in [9.17, 15) is 19.1 Å². The van der Waals surface area contributed by atoms with Crippen molar-refractivity contribution < 1.29 is 28.6 Å². The summed E-state index contributed by atoms with van der Waals surface area (Å²) in [5.74, 6) is -1.83. The second-order valence-electron chi connectivity index (χ2n) is 6.89. The second-order valence-corrected chi connectivity index (χ2v) is 8.05. The molecule has 0 aliphatic carbocycles. The number of carbonyl (C=O) groups excluding carboxylic acids is 2. The Kier molecular flexibility index (Phi) is 5.62. The number of aryl methyl sites for hydroxylation is 1. The molecule has 32 heavy (non-hydrogen) atoms. The Morgan fingerprint density at radius 3 is 2.34 bits per heavy atom. The molecule has 0 bridgehead atoms. The number of nitrogens with zero attached hydrogens (tertiary/aromatic N) is 3. The van der Waals surface area contributed by atoms with Crippen molar-refractivity contribution in [1.29, 1.82) is 0 Å². The zero-order valence-corrected chi connectivity index (χ0v) is 18.1. The quantitative estimate of drug-likeness (QED) is 0.356. The van der Waals surface area contributed by atoms with Gasteiger partial charge in [0.2, 0.25) is 5.13 Å². The van der Waals surface area contributed by atoms with E-state index >= 15 is 0 Å². The molecule has 0 saturated carbocycles. The molecule has 3 aromatic rings. The van der Waals surface area contributed by atoms with Crippen LogP contribution in [0.25, 0.3) is 5.76 Å². The number of hydrogen-bond donors (Lipinski definition) is 1. The fourth-order valence-corrected chi connectivity index (χ4v) is 4.23. The lowest BCUT2D eigenvalue weighted by Gasteiger charge is -2.23. The number of rotatable bonds is 5. The molecule has 2 heterocycles. The van der Waals surface area contributed by atoms with Gasteiger partial charge in [0.1, 0.15) is 16.6 Å². The summed E-state index contributed by atoms with van der Waals surface area (Å²) in [4.78, 5) is 27.3. The number of Topliss-reactive ketones (excluding diaryl/α,β-unsaturated/α-hetero) is 1. The third-order valence-electron chi connectivity index (χ3n) is 5.01. The van der Waals surface area contributed by atoms with Crippen LogP contribution in [0.5, 0.6) is 11.5 Å². The van der Waals surface area contributed by atoms with Gasteiger partial charge in [-0.3, -0.25) is 14.5 Å². The van der Waals surface area contributed by atoms with E-state index in [0.29, 0.717) is 22.1 Å². The molecule has 0 radical (unpaired) electrons. The number of anilines is 1. The predicted octanol–water partition coefficient (Wildman–Crippen LogP) is 3.63. The molecule has 2 aromatic carbocycles. The highest BCUT2D eigenvalue weighted by Crippen LogP contribution is 2.44. The molecule has 1 aromatic heterocycles. The van der Waals surface area contributed by atoms with Gasteiger partial charge in [-0.05, 0) is 48.9 Å². The molecule has 8 nitrogen and oxygen atoms in total. The first-order chi connectivity index (χ1) is 15.3. The largest absolute Gasteiger partial charge is 0.507 e. The SMILES string of the molecule is COc1ccc(C2/C(=C(/O)c3ccc(F)cc3)C(=O)C(=O)N2c2nnc(C)s2)cc1OC. The summed E-state index contributed by atoms with van der Waals surface area (Å²) < 4.78 is 24.0. The predicted molar refractivity (Wildman–Crippen MR) is 115 cm³/mol. The Morgan fingerprint density at radius 2 is 1.75 bits per heavy atom. The summed E-state index contributed by atoms with van der Waals surface area (Å²) in [7, 11) is 2.95. The summed E-state index contributed by atoms with van der Waals surface area (Å²) in [6.45, 7) is 1.72. The molecule has 4 rings (SSSR count). The number of halogens is 1.